The van der Waals surface area contributed by atoms with Crippen LogP contribution >= 0.6 is 0 Å². The van der Waals surface area contributed by atoms with Gasteiger partial charge in [-0.1, -0.05) is 37.6 Å². The molecular formula is C26H34N6O2. The number of nitrogen functional groups attached to an aromatic ring is 1. The molecule has 8 heteroatoms. The Kier molecular flexibility index (Phi) is 6.97. The summed E-state index contributed by atoms with van der Waals surface area (Å²) in [6, 6.07) is 8.51. The Morgan fingerprint density at radius 2 is 2.03 bits per heavy atom. The number of aryl methyl sites for hydroxylation is 1. The van der Waals surface area contributed by atoms with E-state index < -0.39 is 5.91 Å². The number of amides is 1. The highest BCUT2D eigenvalue weighted by molar-refractivity contribution is 6.42. The second kappa shape index (κ2) is 9.93. The largest absolute Gasteiger partial charge is 0.382 e. The number of fused-ring (bicyclic) bond motifs is 1. The lowest BCUT2D eigenvalue weighted by molar-refractivity contribution is -0.138. The SMILES string of the molecule is C[C@H]1CC[C@H](c2cccc(CCN(C)C)c2)C(C(=O)C(=O)Nc2cnc(N)c3c2cnn3C)C1. The van der Waals surface area contributed by atoms with E-state index in [-0.39, 0.29) is 17.6 Å². The lowest BCUT2D eigenvalue weighted by Gasteiger charge is -2.34. The molecule has 3 aromatic rings. The van der Waals surface area contributed by atoms with Crippen molar-refractivity contribution in [2.24, 2.45) is 18.9 Å². The summed E-state index contributed by atoms with van der Waals surface area (Å²) in [5.74, 6) is -0.558. The zero-order valence-electron chi connectivity index (χ0n) is 20.4. The van der Waals surface area contributed by atoms with E-state index in [0.29, 0.717) is 34.7 Å². The number of nitrogens with zero attached hydrogens (tertiary/aromatic N) is 4. The van der Waals surface area contributed by atoms with Gasteiger partial charge in [-0.3, -0.25) is 14.3 Å². The summed E-state index contributed by atoms with van der Waals surface area (Å²) in [4.78, 5) is 32.9. The molecule has 1 amide bonds. The molecule has 1 aromatic carbocycles. The van der Waals surface area contributed by atoms with E-state index >= 15 is 0 Å². The van der Waals surface area contributed by atoms with Gasteiger partial charge in [0.15, 0.2) is 0 Å². The molecule has 1 aliphatic carbocycles. The number of likely N-dealkylation sites (N-methyl/N-ethyl adjacent to an activating group) is 1. The van der Waals surface area contributed by atoms with Gasteiger partial charge in [0.05, 0.1) is 18.1 Å². The molecule has 180 valence electrons. The Morgan fingerprint density at radius 3 is 2.79 bits per heavy atom. The van der Waals surface area contributed by atoms with E-state index in [2.05, 4.69) is 65.6 Å². The molecule has 1 aliphatic rings. The number of ketones is 1. The zero-order chi connectivity index (χ0) is 24.4. The summed E-state index contributed by atoms with van der Waals surface area (Å²) in [6.07, 6.45) is 6.72. The number of anilines is 2. The van der Waals surface area contributed by atoms with E-state index in [4.69, 9.17) is 5.73 Å². The van der Waals surface area contributed by atoms with Crippen LogP contribution in [0.4, 0.5) is 11.5 Å². The molecule has 1 fully saturated rings. The minimum Gasteiger partial charge on any atom is -0.382 e. The molecule has 1 saturated carbocycles. The first-order valence-corrected chi connectivity index (χ1v) is 11.9. The van der Waals surface area contributed by atoms with Gasteiger partial charge in [-0.25, -0.2) is 4.98 Å². The van der Waals surface area contributed by atoms with Crippen LogP contribution in [0.15, 0.2) is 36.7 Å². The van der Waals surface area contributed by atoms with Gasteiger partial charge >= 0.3 is 0 Å². The summed E-state index contributed by atoms with van der Waals surface area (Å²) < 4.78 is 1.61. The molecule has 2 heterocycles. The summed E-state index contributed by atoms with van der Waals surface area (Å²) in [5.41, 5.74) is 9.45. The van der Waals surface area contributed by atoms with Crippen molar-refractivity contribution in [1.82, 2.24) is 19.7 Å². The fraction of sp³-hybridized carbons (Fsp3) is 0.462. The Morgan fingerprint density at radius 1 is 1.24 bits per heavy atom. The number of carbonyl (C=O) groups excluding carboxylic acids is 2. The van der Waals surface area contributed by atoms with E-state index in [1.807, 2.05) is 0 Å². The van der Waals surface area contributed by atoms with Gasteiger partial charge in [-0.15, -0.1) is 0 Å². The third kappa shape index (κ3) is 4.97. The van der Waals surface area contributed by atoms with Crippen molar-refractivity contribution in [1.29, 1.82) is 0 Å². The second-order valence-electron chi connectivity index (χ2n) is 9.84. The van der Waals surface area contributed by atoms with Gasteiger partial charge in [0, 0.05) is 24.9 Å². The van der Waals surface area contributed by atoms with Crippen molar-refractivity contribution in [2.75, 3.05) is 31.7 Å². The molecule has 8 nitrogen and oxygen atoms in total. The van der Waals surface area contributed by atoms with Crippen LogP contribution in [-0.4, -0.2) is 52.0 Å². The van der Waals surface area contributed by atoms with Gasteiger partial charge in [0.25, 0.3) is 5.91 Å². The summed E-state index contributed by atoms with van der Waals surface area (Å²) in [7, 11) is 5.89. The normalized spacial score (nSPS) is 20.6. The summed E-state index contributed by atoms with van der Waals surface area (Å²) in [5, 5.41) is 7.67. The molecule has 1 unspecified atom stereocenters. The quantitative estimate of drug-likeness (QED) is 0.522. The molecule has 4 rings (SSSR count). The number of nitrogens with one attached hydrogen (secondary N) is 1. The monoisotopic (exact) mass is 462 g/mol. The van der Waals surface area contributed by atoms with E-state index in [1.54, 1.807) is 17.9 Å². The fourth-order valence-electron chi connectivity index (χ4n) is 5.06. The minimum atomic E-state index is -0.607. The molecular weight excluding hydrogens is 428 g/mol. The van der Waals surface area contributed by atoms with E-state index in [0.717, 1.165) is 31.4 Å². The maximum atomic E-state index is 13.5. The predicted molar refractivity (Wildman–Crippen MR) is 135 cm³/mol. The number of pyridine rings is 1. The van der Waals surface area contributed by atoms with Crippen molar-refractivity contribution < 1.29 is 9.59 Å². The average Bonchev–Trinajstić information content (AvgIpc) is 3.21. The Hall–Kier alpha value is -3.26. The Bertz CT molecular complexity index is 1200. The number of carbonyl (C=O) groups is 2. The third-order valence-electron chi connectivity index (χ3n) is 6.95. The molecule has 0 radical (unpaired) electrons. The highest BCUT2D eigenvalue weighted by Crippen LogP contribution is 2.41. The number of hydrogen-bond acceptors (Lipinski definition) is 6. The first kappa shape index (κ1) is 23.9. The van der Waals surface area contributed by atoms with Crippen LogP contribution in [-0.2, 0) is 23.1 Å². The van der Waals surface area contributed by atoms with Crippen LogP contribution in [0.1, 0.15) is 43.2 Å². The lowest BCUT2D eigenvalue weighted by Crippen LogP contribution is -2.36. The molecule has 0 spiro atoms. The fourth-order valence-corrected chi connectivity index (χ4v) is 5.06. The third-order valence-corrected chi connectivity index (χ3v) is 6.95. The van der Waals surface area contributed by atoms with Crippen molar-refractivity contribution in [3.8, 4) is 0 Å². The van der Waals surface area contributed by atoms with Crippen LogP contribution in [0, 0.1) is 11.8 Å². The molecule has 2 aromatic heterocycles. The number of rotatable bonds is 7. The molecule has 0 saturated heterocycles. The molecule has 34 heavy (non-hydrogen) atoms. The number of Topliss-reactive ketones (excluding diaryl/α,β-unsaturated/α-hetero) is 1. The van der Waals surface area contributed by atoms with Gasteiger partial charge in [-0.05, 0) is 56.3 Å². The van der Waals surface area contributed by atoms with Gasteiger partial charge in [0.1, 0.15) is 11.3 Å². The predicted octanol–water partition coefficient (Wildman–Crippen LogP) is 3.38. The Balaban J connectivity index is 1.56. The van der Waals surface area contributed by atoms with Crippen molar-refractivity contribution in [2.45, 2.75) is 38.5 Å². The molecule has 0 aliphatic heterocycles. The van der Waals surface area contributed by atoms with Crippen LogP contribution < -0.4 is 11.1 Å². The first-order chi connectivity index (χ1) is 16.2. The van der Waals surface area contributed by atoms with Crippen molar-refractivity contribution in [3.63, 3.8) is 0 Å². The summed E-state index contributed by atoms with van der Waals surface area (Å²) >= 11 is 0. The minimum absolute atomic E-state index is 0.0386. The number of benzene rings is 1. The Labute approximate surface area is 200 Å². The van der Waals surface area contributed by atoms with E-state index in [1.165, 1.54) is 11.8 Å². The topological polar surface area (TPSA) is 106 Å². The highest BCUT2D eigenvalue weighted by atomic mass is 16.2. The highest BCUT2D eigenvalue weighted by Gasteiger charge is 2.37. The first-order valence-electron chi connectivity index (χ1n) is 11.9. The standard InChI is InChI=1S/C26H34N6O2/c1-16-8-9-19(18-7-5-6-17(13-18)10-11-31(2)3)20(12-16)24(33)26(34)30-22-15-28-25(27)23-21(22)14-29-32(23)4/h5-7,13-16,19-20H,8-12H2,1-4H3,(H2,27,28)(H,30,34)/t16-,19+,20?/m0/s1. The second-order valence-corrected chi connectivity index (χ2v) is 9.84. The van der Waals surface area contributed by atoms with Gasteiger partial charge in [0.2, 0.25) is 5.78 Å². The maximum Gasteiger partial charge on any atom is 0.292 e. The molecule has 0 bridgehead atoms. The van der Waals surface area contributed by atoms with Crippen LogP contribution in [0.25, 0.3) is 10.9 Å². The van der Waals surface area contributed by atoms with Crippen LogP contribution in [0.3, 0.4) is 0 Å². The number of hydrogen-bond donors (Lipinski definition) is 2. The van der Waals surface area contributed by atoms with Crippen LogP contribution in [0.5, 0.6) is 0 Å². The summed E-state index contributed by atoms with van der Waals surface area (Å²) in [6.45, 7) is 3.12. The average molecular weight is 463 g/mol. The van der Waals surface area contributed by atoms with E-state index in [9.17, 15) is 9.59 Å². The molecule has 3 atom stereocenters. The number of nitrogens with two attached hydrogens (primary N) is 1. The number of aromatic nitrogens is 3. The van der Waals surface area contributed by atoms with Crippen molar-refractivity contribution in [3.05, 3.63) is 47.8 Å². The lowest BCUT2D eigenvalue weighted by atomic mass is 9.69. The maximum absolute atomic E-state index is 13.5. The van der Waals surface area contributed by atoms with Gasteiger partial charge < -0.3 is 16.0 Å². The smallest absolute Gasteiger partial charge is 0.292 e. The zero-order valence-corrected chi connectivity index (χ0v) is 20.4. The van der Waals surface area contributed by atoms with Crippen LogP contribution in [0.2, 0.25) is 0 Å². The molecule has 3 N–H and O–H groups in total. The van der Waals surface area contributed by atoms with Crippen molar-refractivity contribution >= 4 is 34.1 Å². The van der Waals surface area contributed by atoms with Gasteiger partial charge in [-0.2, -0.15) is 5.10 Å².